The van der Waals surface area contributed by atoms with Crippen LogP contribution < -0.4 is 4.74 Å². The highest BCUT2D eigenvalue weighted by Gasteiger charge is 2.28. The van der Waals surface area contributed by atoms with Crippen LogP contribution in [0.4, 0.5) is 4.39 Å². The first-order valence-electron chi connectivity index (χ1n) is 7.51. The second kappa shape index (κ2) is 6.71. The first-order chi connectivity index (χ1) is 11.0. The quantitative estimate of drug-likeness (QED) is 0.805. The molecule has 1 aliphatic heterocycles. The van der Waals surface area contributed by atoms with E-state index < -0.39 is 0 Å². The van der Waals surface area contributed by atoms with Gasteiger partial charge in [0.05, 0.1) is 6.04 Å². The third-order valence-corrected chi connectivity index (χ3v) is 4.67. The molecule has 0 aromatic heterocycles. The molecule has 0 fully saturated rings. The molecule has 1 aliphatic rings. The average molecular weight is 378 g/mol. The van der Waals surface area contributed by atoms with Gasteiger partial charge in [-0.15, -0.1) is 0 Å². The molecule has 2 aromatic rings. The SMILES string of the molecule is CC1c2cc(F)ccc2CCN1C(=O)COc1ccc(Br)cc1. The summed E-state index contributed by atoms with van der Waals surface area (Å²) in [5.74, 6) is 0.295. The highest BCUT2D eigenvalue weighted by Crippen LogP contribution is 2.30. The Hall–Kier alpha value is -1.88. The van der Waals surface area contributed by atoms with Gasteiger partial charge in [0.1, 0.15) is 11.6 Å². The van der Waals surface area contributed by atoms with Crippen molar-refractivity contribution in [2.75, 3.05) is 13.2 Å². The molecule has 0 spiro atoms. The maximum absolute atomic E-state index is 13.5. The molecular formula is C18H17BrFNO2. The van der Waals surface area contributed by atoms with E-state index in [0.717, 1.165) is 22.0 Å². The number of nitrogens with zero attached hydrogens (tertiary/aromatic N) is 1. The number of rotatable bonds is 3. The number of carbonyl (C=O) groups is 1. The minimum Gasteiger partial charge on any atom is -0.484 e. The summed E-state index contributed by atoms with van der Waals surface area (Å²) in [4.78, 5) is 14.2. The fourth-order valence-corrected chi connectivity index (χ4v) is 3.15. The third kappa shape index (κ3) is 3.55. The first kappa shape index (κ1) is 16.0. The van der Waals surface area contributed by atoms with E-state index in [-0.39, 0.29) is 24.4 Å². The molecule has 3 nitrogen and oxygen atoms in total. The minimum absolute atomic E-state index is 0.0172. The highest BCUT2D eigenvalue weighted by atomic mass is 79.9. The summed E-state index contributed by atoms with van der Waals surface area (Å²) in [6.07, 6.45) is 0.740. The molecule has 0 N–H and O–H groups in total. The van der Waals surface area contributed by atoms with E-state index in [1.807, 2.05) is 31.2 Å². The van der Waals surface area contributed by atoms with Gasteiger partial charge < -0.3 is 9.64 Å². The van der Waals surface area contributed by atoms with Gasteiger partial charge in [-0.25, -0.2) is 4.39 Å². The molecule has 0 radical (unpaired) electrons. The summed E-state index contributed by atoms with van der Waals surface area (Å²) in [6.45, 7) is 2.54. The lowest BCUT2D eigenvalue weighted by Crippen LogP contribution is -2.41. The van der Waals surface area contributed by atoms with Crippen LogP contribution in [0.15, 0.2) is 46.9 Å². The van der Waals surface area contributed by atoms with Crippen LogP contribution in [0.3, 0.4) is 0 Å². The van der Waals surface area contributed by atoms with E-state index >= 15 is 0 Å². The van der Waals surface area contributed by atoms with Crippen molar-refractivity contribution in [3.05, 3.63) is 63.9 Å². The number of hydrogen-bond acceptors (Lipinski definition) is 2. The van der Waals surface area contributed by atoms with Crippen LogP contribution in [0.2, 0.25) is 0 Å². The number of ether oxygens (including phenoxy) is 1. The van der Waals surface area contributed by atoms with Gasteiger partial charge in [-0.3, -0.25) is 4.79 Å². The summed E-state index contributed by atoms with van der Waals surface area (Å²) >= 11 is 3.36. The predicted octanol–water partition coefficient (Wildman–Crippen LogP) is 4.11. The molecule has 1 heterocycles. The predicted molar refractivity (Wildman–Crippen MR) is 89.9 cm³/mol. The molecule has 1 amide bonds. The molecule has 3 rings (SSSR count). The van der Waals surface area contributed by atoms with Gasteiger partial charge in [0.15, 0.2) is 6.61 Å². The van der Waals surface area contributed by atoms with E-state index in [1.54, 1.807) is 11.0 Å². The van der Waals surface area contributed by atoms with Crippen LogP contribution >= 0.6 is 15.9 Å². The van der Waals surface area contributed by atoms with Crippen molar-refractivity contribution in [3.63, 3.8) is 0 Å². The standard InChI is InChI=1S/C18H17BrFNO2/c1-12-17-10-15(20)5-2-13(17)8-9-21(12)18(22)11-23-16-6-3-14(19)4-7-16/h2-7,10,12H,8-9,11H2,1H3. The van der Waals surface area contributed by atoms with Crippen LogP contribution in [0.25, 0.3) is 0 Å². The second-order valence-electron chi connectivity index (χ2n) is 5.60. The third-order valence-electron chi connectivity index (χ3n) is 4.14. The van der Waals surface area contributed by atoms with Crippen molar-refractivity contribution in [3.8, 4) is 5.75 Å². The van der Waals surface area contributed by atoms with Crippen LogP contribution in [0.5, 0.6) is 5.75 Å². The molecule has 0 saturated carbocycles. The minimum atomic E-state index is -0.268. The second-order valence-corrected chi connectivity index (χ2v) is 6.51. The van der Waals surface area contributed by atoms with Crippen LogP contribution in [0, 0.1) is 5.82 Å². The molecule has 5 heteroatoms. The zero-order valence-electron chi connectivity index (χ0n) is 12.8. The van der Waals surface area contributed by atoms with Gasteiger partial charge >= 0.3 is 0 Å². The van der Waals surface area contributed by atoms with Gasteiger partial charge in [-0.2, -0.15) is 0 Å². The van der Waals surface area contributed by atoms with Crippen molar-refractivity contribution in [2.45, 2.75) is 19.4 Å². The normalized spacial score (nSPS) is 16.8. The van der Waals surface area contributed by atoms with Gasteiger partial charge in [-0.1, -0.05) is 22.0 Å². The van der Waals surface area contributed by atoms with Crippen LogP contribution in [0.1, 0.15) is 24.1 Å². The van der Waals surface area contributed by atoms with E-state index in [9.17, 15) is 9.18 Å². The van der Waals surface area contributed by atoms with Gasteiger partial charge in [0.25, 0.3) is 5.91 Å². The van der Waals surface area contributed by atoms with E-state index in [1.165, 1.54) is 12.1 Å². The van der Waals surface area contributed by atoms with Gasteiger partial charge in [0.2, 0.25) is 0 Å². The Balaban J connectivity index is 1.67. The number of fused-ring (bicyclic) bond motifs is 1. The lowest BCUT2D eigenvalue weighted by Gasteiger charge is -2.35. The summed E-state index contributed by atoms with van der Waals surface area (Å²) < 4.78 is 20.0. The molecule has 2 aromatic carbocycles. The molecule has 1 unspecified atom stereocenters. The molecular weight excluding hydrogens is 361 g/mol. The van der Waals surface area contributed by atoms with E-state index in [0.29, 0.717) is 12.3 Å². The maximum Gasteiger partial charge on any atom is 0.261 e. The summed E-state index contributed by atoms with van der Waals surface area (Å²) in [5.41, 5.74) is 1.99. The van der Waals surface area contributed by atoms with E-state index in [2.05, 4.69) is 15.9 Å². The molecule has 0 aliphatic carbocycles. The monoisotopic (exact) mass is 377 g/mol. The fraction of sp³-hybridized carbons (Fsp3) is 0.278. The topological polar surface area (TPSA) is 29.5 Å². The first-order valence-corrected chi connectivity index (χ1v) is 8.30. The zero-order chi connectivity index (χ0) is 16.4. The lowest BCUT2D eigenvalue weighted by molar-refractivity contribution is -0.136. The van der Waals surface area contributed by atoms with Crippen molar-refractivity contribution in [1.82, 2.24) is 4.90 Å². The Kier molecular flexibility index (Phi) is 4.66. The summed E-state index contributed by atoms with van der Waals surface area (Å²) in [7, 11) is 0. The van der Waals surface area contributed by atoms with Gasteiger partial charge in [0, 0.05) is 11.0 Å². The highest BCUT2D eigenvalue weighted by molar-refractivity contribution is 9.10. The molecule has 23 heavy (non-hydrogen) atoms. The summed E-state index contributed by atoms with van der Waals surface area (Å²) in [5, 5.41) is 0. The summed E-state index contributed by atoms with van der Waals surface area (Å²) in [6, 6.07) is 12.0. The number of hydrogen-bond donors (Lipinski definition) is 0. The Morgan fingerprint density at radius 2 is 2.04 bits per heavy atom. The number of amides is 1. The van der Waals surface area contributed by atoms with Gasteiger partial charge in [-0.05, 0) is 60.9 Å². The molecule has 120 valence electrons. The zero-order valence-corrected chi connectivity index (χ0v) is 14.3. The average Bonchev–Trinajstić information content (AvgIpc) is 2.55. The maximum atomic E-state index is 13.5. The van der Waals surface area contributed by atoms with Crippen molar-refractivity contribution >= 4 is 21.8 Å². The fourth-order valence-electron chi connectivity index (χ4n) is 2.88. The number of halogens is 2. The number of benzene rings is 2. The van der Waals surface area contributed by atoms with Crippen LogP contribution in [-0.2, 0) is 11.2 Å². The molecule has 0 saturated heterocycles. The lowest BCUT2D eigenvalue weighted by atomic mass is 9.93. The Bertz CT molecular complexity index is 717. The Morgan fingerprint density at radius 3 is 2.78 bits per heavy atom. The molecule has 1 atom stereocenters. The molecule has 0 bridgehead atoms. The largest absolute Gasteiger partial charge is 0.484 e. The Morgan fingerprint density at radius 1 is 1.30 bits per heavy atom. The van der Waals surface area contributed by atoms with E-state index in [4.69, 9.17) is 4.74 Å². The van der Waals surface area contributed by atoms with Crippen molar-refractivity contribution in [1.29, 1.82) is 0 Å². The smallest absolute Gasteiger partial charge is 0.261 e. The Labute approximate surface area is 143 Å². The van der Waals surface area contributed by atoms with Crippen molar-refractivity contribution < 1.29 is 13.9 Å². The van der Waals surface area contributed by atoms with Crippen LogP contribution in [-0.4, -0.2) is 24.0 Å². The number of carbonyl (C=O) groups excluding carboxylic acids is 1. The van der Waals surface area contributed by atoms with Crippen molar-refractivity contribution in [2.24, 2.45) is 0 Å².